The van der Waals surface area contributed by atoms with Crippen molar-refractivity contribution < 1.29 is 9.53 Å². The molecule has 2 aliphatic rings. The van der Waals surface area contributed by atoms with E-state index < -0.39 is 0 Å². The van der Waals surface area contributed by atoms with Crippen molar-refractivity contribution in [3.05, 3.63) is 0 Å². The molecule has 1 saturated heterocycles. The molecule has 0 aromatic carbocycles. The van der Waals surface area contributed by atoms with Crippen LogP contribution in [0.5, 0.6) is 0 Å². The van der Waals surface area contributed by atoms with Crippen LogP contribution in [0, 0.1) is 5.92 Å². The van der Waals surface area contributed by atoms with Gasteiger partial charge in [-0.05, 0) is 64.5 Å². The third-order valence-corrected chi connectivity index (χ3v) is 4.51. The summed E-state index contributed by atoms with van der Waals surface area (Å²) in [7, 11) is 0. The molecule has 4 nitrogen and oxygen atoms in total. The fourth-order valence-electron chi connectivity index (χ4n) is 3.16. The van der Waals surface area contributed by atoms with E-state index in [4.69, 9.17) is 4.74 Å². The van der Waals surface area contributed by atoms with E-state index >= 15 is 0 Å². The Bertz CT molecular complexity index is 299. The monoisotopic (exact) mass is 296 g/mol. The maximum atomic E-state index is 11.3. The first kappa shape index (κ1) is 16.8. The molecule has 21 heavy (non-hydrogen) atoms. The summed E-state index contributed by atoms with van der Waals surface area (Å²) < 4.78 is 4.96. The number of carbonyl (C=O) groups excluding carboxylic acids is 1. The molecule has 2 rings (SSSR count). The fraction of sp³-hybridized carbons (Fsp3) is 0.941. The molecule has 0 amide bonds. The first-order valence-corrected chi connectivity index (χ1v) is 8.89. The number of hydrogen-bond acceptors (Lipinski definition) is 4. The van der Waals surface area contributed by atoms with E-state index in [1.807, 2.05) is 6.92 Å². The second-order valence-electron chi connectivity index (χ2n) is 6.61. The van der Waals surface area contributed by atoms with Crippen molar-refractivity contribution in [3.8, 4) is 0 Å². The number of nitrogens with one attached hydrogen (secondary N) is 1. The predicted octanol–water partition coefficient (Wildman–Crippen LogP) is 2.57. The Morgan fingerprint density at radius 3 is 2.71 bits per heavy atom. The summed E-state index contributed by atoms with van der Waals surface area (Å²) in [5, 5.41) is 3.61. The molecule has 0 aromatic rings. The van der Waals surface area contributed by atoms with Gasteiger partial charge in [-0.3, -0.25) is 4.79 Å². The Kier molecular flexibility index (Phi) is 7.51. The van der Waals surface area contributed by atoms with Gasteiger partial charge >= 0.3 is 5.97 Å². The number of carbonyl (C=O) groups is 1. The largest absolute Gasteiger partial charge is 0.466 e. The number of unbranched alkanes of at least 4 members (excludes halogenated alkanes) is 2. The average molecular weight is 296 g/mol. The van der Waals surface area contributed by atoms with Gasteiger partial charge in [-0.2, -0.15) is 0 Å². The Morgan fingerprint density at radius 1 is 1.19 bits per heavy atom. The van der Waals surface area contributed by atoms with Gasteiger partial charge in [-0.15, -0.1) is 0 Å². The molecule has 1 saturated carbocycles. The van der Waals surface area contributed by atoms with E-state index in [0.717, 1.165) is 18.8 Å². The third kappa shape index (κ3) is 7.28. The second kappa shape index (κ2) is 9.42. The SMILES string of the molecule is CCOC(=O)CCCCCN(CC1CC1)CC1CCCN1. The lowest BCUT2D eigenvalue weighted by Gasteiger charge is -2.25. The third-order valence-electron chi connectivity index (χ3n) is 4.51. The zero-order valence-corrected chi connectivity index (χ0v) is 13.6. The summed E-state index contributed by atoms with van der Waals surface area (Å²) in [6.45, 7) is 7.26. The Balaban J connectivity index is 1.56. The van der Waals surface area contributed by atoms with Crippen LogP contribution in [0.15, 0.2) is 0 Å². The van der Waals surface area contributed by atoms with Crippen LogP contribution in [0.25, 0.3) is 0 Å². The number of nitrogens with zero attached hydrogens (tertiary/aromatic N) is 1. The summed E-state index contributed by atoms with van der Waals surface area (Å²) in [5.74, 6) is 0.924. The molecular weight excluding hydrogens is 264 g/mol. The van der Waals surface area contributed by atoms with E-state index in [-0.39, 0.29) is 5.97 Å². The van der Waals surface area contributed by atoms with Crippen LogP contribution in [0.1, 0.15) is 58.3 Å². The van der Waals surface area contributed by atoms with Crippen molar-refractivity contribution in [1.29, 1.82) is 0 Å². The van der Waals surface area contributed by atoms with Gasteiger partial charge in [0.2, 0.25) is 0 Å². The lowest BCUT2D eigenvalue weighted by atomic mass is 10.1. The van der Waals surface area contributed by atoms with Gasteiger partial charge in [0.25, 0.3) is 0 Å². The number of hydrogen-bond donors (Lipinski definition) is 1. The van der Waals surface area contributed by atoms with Crippen molar-refractivity contribution in [2.24, 2.45) is 5.92 Å². The lowest BCUT2D eigenvalue weighted by molar-refractivity contribution is -0.143. The van der Waals surface area contributed by atoms with E-state index in [9.17, 15) is 4.79 Å². The van der Waals surface area contributed by atoms with Crippen molar-refractivity contribution >= 4 is 5.97 Å². The number of rotatable bonds is 11. The molecule has 1 atom stereocenters. The molecule has 0 aromatic heterocycles. The Hall–Kier alpha value is -0.610. The van der Waals surface area contributed by atoms with Gasteiger partial charge < -0.3 is 15.0 Å². The molecule has 1 aliphatic carbocycles. The van der Waals surface area contributed by atoms with Crippen LogP contribution < -0.4 is 5.32 Å². The zero-order valence-electron chi connectivity index (χ0n) is 13.6. The number of ether oxygens (including phenoxy) is 1. The molecular formula is C17H32N2O2. The molecule has 2 fully saturated rings. The highest BCUT2D eigenvalue weighted by Crippen LogP contribution is 2.30. The highest BCUT2D eigenvalue weighted by atomic mass is 16.5. The van der Waals surface area contributed by atoms with Crippen molar-refractivity contribution in [2.75, 3.05) is 32.8 Å². The van der Waals surface area contributed by atoms with Crippen LogP contribution in [-0.4, -0.2) is 49.7 Å². The first-order valence-electron chi connectivity index (χ1n) is 8.89. The van der Waals surface area contributed by atoms with Crippen LogP contribution in [0.4, 0.5) is 0 Å². The van der Waals surface area contributed by atoms with Gasteiger partial charge in [0.1, 0.15) is 0 Å². The van der Waals surface area contributed by atoms with Gasteiger partial charge in [0, 0.05) is 25.6 Å². The van der Waals surface area contributed by atoms with Gasteiger partial charge in [-0.1, -0.05) is 6.42 Å². The fourth-order valence-corrected chi connectivity index (χ4v) is 3.16. The lowest BCUT2D eigenvalue weighted by Crippen LogP contribution is -2.39. The Labute approximate surface area is 129 Å². The minimum Gasteiger partial charge on any atom is -0.466 e. The summed E-state index contributed by atoms with van der Waals surface area (Å²) in [6, 6.07) is 0.711. The highest BCUT2D eigenvalue weighted by molar-refractivity contribution is 5.69. The summed E-state index contributed by atoms with van der Waals surface area (Å²) >= 11 is 0. The normalized spacial score (nSPS) is 21.9. The number of esters is 1. The molecule has 1 unspecified atom stereocenters. The Morgan fingerprint density at radius 2 is 2.05 bits per heavy atom. The summed E-state index contributed by atoms with van der Waals surface area (Å²) in [5.41, 5.74) is 0. The van der Waals surface area contributed by atoms with Crippen LogP contribution in [-0.2, 0) is 9.53 Å². The maximum Gasteiger partial charge on any atom is 0.305 e. The standard InChI is InChI=1S/C17H32N2O2/c1-2-21-17(20)8-4-3-5-12-19(13-15-9-10-15)14-16-7-6-11-18-16/h15-16,18H,2-14H2,1H3. The molecule has 0 spiro atoms. The predicted molar refractivity (Wildman–Crippen MR) is 85.3 cm³/mol. The smallest absolute Gasteiger partial charge is 0.305 e. The van der Waals surface area contributed by atoms with E-state index in [0.29, 0.717) is 19.1 Å². The van der Waals surface area contributed by atoms with Gasteiger partial charge in [0.05, 0.1) is 6.61 Å². The van der Waals surface area contributed by atoms with Crippen molar-refractivity contribution in [1.82, 2.24) is 10.2 Å². The van der Waals surface area contributed by atoms with Crippen LogP contribution >= 0.6 is 0 Å². The molecule has 1 N–H and O–H groups in total. The van der Waals surface area contributed by atoms with Crippen LogP contribution in [0.2, 0.25) is 0 Å². The minimum absolute atomic E-state index is 0.0394. The van der Waals surface area contributed by atoms with Gasteiger partial charge in [0.15, 0.2) is 0 Å². The minimum atomic E-state index is -0.0394. The molecule has 0 radical (unpaired) electrons. The van der Waals surface area contributed by atoms with Crippen molar-refractivity contribution in [3.63, 3.8) is 0 Å². The van der Waals surface area contributed by atoms with E-state index in [2.05, 4.69) is 10.2 Å². The zero-order chi connectivity index (χ0) is 14.9. The highest BCUT2D eigenvalue weighted by Gasteiger charge is 2.26. The average Bonchev–Trinajstić information content (AvgIpc) is 3.12. The van der Waals surface area contributed by atoms with Gasteiger partial charge in [-0.25, -0.2) is 0 Å². The molecule has 1 heterocycles. The molecule has 122 valence electrons. The second-order valence-corrected chi connectivity index (χ2v) is 6.61. The van der Waals surface area contributed by atoms with E-state index in [1.54, 1.807) is 0 Å². The summed E-state index contributed by atoms with van der Waals surface area (Å²) in [6.07, 6.45) is 9.43. The first-order chi connectivity index (χ1) is 10.3. The topological polar surface area (TPSA) is 41.6 Å². The molecule has 4 heteroatoms. The van der Waals surface area contributed by atoms with Crippen molar-refractivity contribution in [2.45, 2.75) is 64.3 Å². The quantitative estimate of drug-likeness (QED) is 0.470. The summed E-state index contributed by atoms with van der Waals surface area (Å²) in [4.78, 5) is 13.9. The molecule has 1 aliphatic heterocycles. The molecule has 0 bridgehead atoms. The van der Waals surface area contributed by atoms with Crippen LogP contribution in [0.3, 0.4) is 0 Å². The maximum absolute atomic E-state index is 11.3. The van der Waals surface area contributed by atoms with E-state index in [1.165, 1.54) is 58.3 Å².